The minimum Gasteiger partial charge on any atom is -0.493 e. The van der Waals surface area contributed by atoms with Crippen LogP contribution < -0.4 is 10.6 Å². The van der Waals surface area contributed by atoms with Crippen LogP contribution in [0.4, 0.5) is 0 Å². The Labute approximate surface area is 143 Å². The van der Waals surface area contributed by atoms with Crippen molar-refractivity contribution >= 4 is 6.21 Å². The van der Waals surface area contributed by atoms with Crippen molar-refractivity contribution in [3.63, 3.8) is 0 Å². The van der Waals surface area contributed by atoms with Crippen molar-refractivity contribution in [2.45, 2.75) is 49.9 Å². The van der Waals surface area contributed by atoms with Crippen molar-refractivity contribution in [2.75, 3.05) is 33.3 Å². The molecular weight excluding hydrogens is 306 g/mol. The van der Waals surface area contributed by atoms with Crippen molar-refractivity contribution in [1.82, 2.24) is 10.6 Å². The van der Waals surface area contributed by atoms with Crippen molar-refractivity contribution in [3.8, 4) is 0 Å². The third-order valence-electron chi connectivity index (χ3n) is 5.24. The summed E-state index contributed by atoms with van der Waals surface area (Å²) in [4.78, 5) is 4.56. The molecule has 0 saturated carbocycles. The number of hydrogen-bond donors (Lipinski definition) is 2. The second-order valence-corrected chi connectivity index (χ2v) is 7.02. The van der Waals surface area contributed by atoms with Gasteiger partial charge in [0.05, 0.1) is 13.2 Å². The van der Waals surface area contributed by atoms with Crippen LogP contribution in [-0.2, 0) is 14.2 Å². The van der Waals surface area contributed by atoms with E-state index in [1.165, 1.54) is 5.57 Å². The Morgan fingerprint density at radius 2 is 1.67 bits per heavy atom. The van der Waals surface area contributed by atoms with Gasteiger partial charge >= 0.3 is 0 Å². The van der Waals surface area contributed by atoms with Gasteiger partial charge in [-0.25, -0.2) is 4.99 Å². The highest BCUT2D eigenvalue weighted by Gasteiger charge is 2.48. The summed E-state index contributed by atoms with van der Waals surface area (Å²) < 4.78 is 18.5. The Hall–Kier alpha value is -1.37. The smallest absolute Gasteiger partial charge is 0.256 e. The summed E-state index contributed by atoms with van der Waals surface area (Å²) in [6.07, 6.45) is 9.38. The number of methoxy groups -OCH3 is 1. The highest BCUT2D eigenvalue weighted by molar-refractivity contribution is 5.84. The molecule has 4 aliphatic heterocycles. The van der Waals surface area contributed by atoms with Gasteiger partial charge in [-0.1, -0.05) is 0 Å². The van der Waals surface area contributed by atoms with E-state index in [1.807, 2.05) is 6.21 Å². The number of nitrogens with one attached hydrogen (secondary N) is 2. The lowest BCUT2D eigenvalue weighted by Crippen LogP contribution is -2.46. The fraction of sp³-hybridized carbons (Fsp3) is 0.722. The maximum atomic E-state index is 6.52. The van der Waals surface area contributed by atoms with Gasteiger partial charge in [0.2, 0.25) is 0 Å². The lowest BCUT2D eigenvalue weighted by molar-refractivity contribution is -0.0895. The van der Waals surface area contributed by atoms with Crippen LogP contribution in [0.1, 0.15) is 32.1 Å². The standard InChI is InChI=1S/C18H27N3O3/c1-22-16-17(23-14-2-6-19-7-3-14)21-12-13-10-18(16,11-13)24-15-4-8-20-9-5-15/h10,12,14-15,19-20H,2-9,11H2,1H3. The number of piperidine rings is 2. The fourth-order valence-corrected chi connectivity index (χ4v) is 3.94. The van der Waals surface area contributed by atoms with Crippen LogP contribution >= 0.6 is 0 Å². The Morgan fingerprint density at radius 3 is 2.29 bits per heavy atom. The topological polar surface area (TPSA) is 64.1 Å². The van der Waals surface area contributed by atoms with E-state index in [4.69, 9.17) is 14.2 Å². The average molecular weight is 333 g/mol. The predicted octanol–water partition coefficient (Wildman–Crippen LogP) is 1.49. The van der Waals surface area contributed by atoms with Gasteiger partial charge in [-0.05, 0) is 63.5 Å². The number of rotatable bonds is 5. The van der Waals surface area contributed by atoms with Gasteiger partial charge in [0, 0.05) is 12.6 Å². The van der Waals surface area contributed by atoms with Gasteiger partial charge in [-0.15, -0.1) is 0 Å². The summed E-state index contributed by atoms with van der Waals surface area (Å²) in [6.45, 7) is 4.00. The van der Waals surface area contributed by atoms with Crippen LogP contribution in [0.25, 0.3) is 0 Å². The van der Waals surface area contributed by atoms with Crippen LogP contribution in [0.15, 0.2) is 28.3 Å². The molecule has 0 amide bonds. The third kappa shape index (κ3) is 3.10. The zero-order valence-corrected chi connectivity index (χ0v) is 14.3. The molecule has 2 bridgehead atoms. The molecule has 1 unspecified atom stereocenters. The molecule has 132 valence electrons. The lowest BCUT2D eigenvalue weighted by Gasteiger charge is -2.42. The zero-order valence-electron chi connectivity index (χ0n) is 14.3. The first kappa shape index (κ1) is 16.1. The summed E-state index contributed by atoms with van der Waals surface area (Å²) >= 11 is 0. The molecule has 0 radical (unpaired) electrons. The Balaban J connectivity index is 1.55. The maximum absolute atomic E-state index is 6.52. The van der Waals surface area contributed by atoms with Crippen molar-refractivity contribution < 1.29 is 14.2 Å². The Morgan fingerprint density at radius 1 is 1.04 bits per heavy atom. The number of fused-ring (bicyclic) bond motifs is 1. The van der Waals surface area contributed by atoms with Crippen LogP contribution in [0.5, 0.6) is 0 Å². The lowest BCUT2D eigenvalue weighted by atomic mass is 9.80. The molecule has 6 heteroatoms. The summed E-state index contributed by atoms with van der Waals surface area (Å²) in [6, 6.07) is 0. The highest BCUT2D eigenvalue weighted by Crippen LogP contribution is 2.45. The largest absolute Gasteiger partial charge is 0.493 e. The Kier molecular flexibility index (Phi) is 4.61. The summed E-state index contributed by atoms with van der Waals surface area (Å²) in [5.41, 5.74) is 0.701. The van der Waals surface area contributed by atoms with E-state index in [0.29, 0.717) is 5.88 Å². The van der Waals surface area contributed by atoms with E-state index in [2.05, 4.69) is 21.7 Å². The van der Waals surface area contributed by atoms with Crippen molar-refractivity contribution in [1.29, 1.82) is 0 Å². The number of ether oxygens (including phenoxy) is 3. The first-order valence-electron chi connectivity index (χ1n) is 9.09. The molecule has 0 aromatic heterocycles. The number of aliphatic imine (C=N–C) groups is 1. The van der Waals surface area contributed by atoms with Crippen LogP contribution in [0, 0.1) is 0 Å². The minimum absolute atomic E-state index is 0.194. The normalized spacial score (nSPS) is 31.3. The van der Waals surface area contributed by atoms with E-state index in [1.54, 1.807) is 7.11 Å². The SMILES string of the molecule is COC1=C(OC2CCNCC2)N=CC2=CC1(OC1CCNCC1)C2. The molecule has 4 heterocycles. The van der Waals surface area contributed by atoms with Gasteiger partial charge < -0.3 is 24.8 Å². The first-order chi connectivity index (χ1) is 11.8. The average Bonchev–Trinajstić information content (AvgIpc) is 2.82. The summed E-state index contributed by atoms with van der Waals surface area (Å²) in [7, 11) is 1.70. The molecule has 0 aromatic rings. The maximum Gasteiger partial charge on any atom is 0.256 e. The van der Waals surface area contributed by atoms with E-state index in [-0.39, 0.29) is 12.2 Å². The highest BCUT2D eigenvalue weighted by atomic mass is 16.6. The van der Waals surface area contributed by atoms with Crippen LogP contribution in [0.2, 0.25) is 0 Å². The molecule has 5 rings (SSSR count). The first-order valence-corrected chi connectivity index (χ1v) is 9.09. The number of nitrogens with zero attached hydrogens (tertiary/aromatic N) is 1. The summed E-state index contributed by atoms with van der Waals surface area (Å²) in [5.74, 6) is 1.33. The molecule has 24 heavy (non-hydrogen) atoms. The molecule has 0 spiro atoms. The van der Waals surface area contributed by atoms with E-state index in [9.17, 15) is 0 Å². The Bertz CT molecular complexity index is 560. The third-order valence-corrected chi connectivity index (χ3v) is 5.24. The molecule has 1 atom stereocenters. The second-order valence-electron chi connectivity index (χ2n) is 7.02. The molecule has 1 aliphatic carbocycles. The quantitative estimate of drug-likeness (QED) is 0.798. The van der Waals surface area contributed by atoms with Crippen molar-refractivity contribution in [3.05, 3.63) is 23.3 Å². The van der Waals surface area contributed by atoms with E-state index < -0.39 is 5.60 Å². The van der Waals surface area contributed by atoms with Gasteiger partial charge in [-0.2, -0.15) is 0 Å². The summed E-state index contributed by atoms with van der Waals surface area (Å²) in [5, 5.41) is 6.75. The minimum atomic E-state index is -0.495. The van der Waals surface area contributed by atoms with Crippen LogP contribution in [0.3, 0.4) is 0 Å². The second kappa shape index (κ2) is 6.86. The molecule has 6 nitrogen and oxygen atoms in total. The van der Waals surface area contributed by atoms with Gasteiger partial charge in [0.25, 0.3) is 5.88 Å². The predicted molar refractivity (Wildman–Crippen MR) is 91.9 cm³/mol. The van der Waals surface area contributed by atoms with Crippen molar-refractivity contribution in [2.24, 2.45) is 4.99 Å². The molecule has 0 aromatic carbocycles. The molecule has 2 fully saturated rings. The van der Waals surface area contributed by atoms with Gasteiger partial charge in [0.1, 0.15) is 6.10 Å². The molecule has 2 N–H and O–H groups in total. The van der Waals surface area contributed by atoms with Gasteiger partial charge in [-0.3, -0.25) is 0 Å². The van der Waals surface area contributed by atoms with E-state index in [0.717, 1.165) is 64.0 Å². The molecule has 2 saturated heterocycles. The van der Waals surface area contributed by atoms with Gasteiger partial charge in [0.15, 0.2) is 11.4 Å². The fourth-order valence-electron chi connectivity index (χ4n) is 3.94. The van der Waals surface area contributed by atoms with Crippen LogP contribution in [-0.4, -0.2) is 57.3 Å². The monoisotopic (exact) mass is 333 g/mol. The molecular formula is C18H27N3O3. The molecule has 5 aliphatic rings. The zero-order chi connectivity index (χ0) is 16.4. The van der Waals surface area contributed by atoms with E-state index >= 15 is 0 Å². The number of hydrogen-bond acceptors (Lipinski definition) is 6.